The third-order valence-corrected chi connectivity index (χ3v) is 3.98. The van der Waals surface area contributed by atoms with Gasteiger partial charge in [-0.05, 0) is 38.3 Å². The Morgan fingerprint density at radius 3 is 2.79 bits per heavy atom. The number of fused-ring (bicyclic) bond motifs is 1. The van der Waals surface area contributed by atoms with Crippen LogP contribution in [-0.2, 0) is 11.3 Å². The van der Waals surface area contributed by atoms with E-state index in [-0.39, 0.29) is 6.04 Å². The molecule has 9 nitrogen and oxygen atoms in total. The normalized spacial score (nSPS) is 12.8. The minimum Gasteiger partial charge on any atom is -0.450 e. The summed E-state index contributed by atoms with van der Waals surface area (Å²) in [6, 6.07) is 5.71. The number of aliphatic imine (C=N–C) groups is 1. The van der Waals surface area contributed by atoms with E-state index < -0.39 is 6.09 Å². The molecule has 0 fully saturated rings. The van der Waals surface area contributed by atoms with Crippen LogP contribution in [0.3, 0.4) is 0 Å². The van der Waals surface area contributed by atoms with Crippen LogP contribution < -0.4 is 16.0 Å². The zero-order valence-corrected chi connectivity index (χ0v) is 17.1. The van der Waals surface area contributed by atoms with E-state index in [0.717, 1.165) is 24.4 Å². The largest absolute Gasteiger partial charge is 0.450 e. The van der Waals surface area contributed by atoms with Crippen molar-refractivity contribution in [3.8, 4) is 0 Å². The molecule has 3 N–H and O–H groups in total. The van der Waals surface area contributed by atoms with E-state index in [0.29, 0.717) is 31.6 Å². The fraction of sp³-hybridized carbons (Fsp3) is 0.579. The second kappa shape index (κ2) is 11.1. The lowest BCUT2D eigenvalue weighted by Crippen LogP contribution is -2.47. The van der Waals surface area contributed by atoms with Crippen LogP contribution in [0.5, 0.6) is 0 Å². The Kier molecular flexibility index (Phi) is 8.51. The lowest BCUT2D eigenvalue weighted by Gasteiger charge is -2.22. The van der Waals surface area contributed by atoms with Crippen molar-refractivity contribution in [1.29, 1.82) is 0 Å². The Morgan fingerprint density at radius 2 is 2.07 bits per heavy atom. The van der Waals surface area contributed by atoms with Gasteiger partial charge in [-0.15, -0.1) is 10.2 Å². The monoisotopic (exact) mass is 389 g/mol. The number of ether oxygens (including phenoxy) is 1. The first kappa shape index (κ1) is 21.5. The van der Waals surface area contributed by atoms with Gasteiger partial charge in [-0.2, -0.15) is 0 Å². The standard InChI is InChI=1S/C19H31N7O2/c1-5-20-18(21-12-15(11-14(3)4)23-19(27)28-6-2)22-13-17-25-24-16-9-7-8-10-26(16)17/h7-10,14-15H,5-6,11-13H2,1-4H3,(H,23,27)(H2,20,21,22). The van der Waals surface area contributed by atoms with Crippen molar-refractivity contribution in [3.05, 3.63) is 30.2 Å². The summed E-state index contributed by atoms with van der Waals surface area (Å²) in [5, 5.41) is 17.8. The molecule has 1 unspecified atom stereocenters. The fourth-order valence-electron chi connectivity index (χ4n) is 2.81. The minimum atomic E-state index is -0.396. The summed E-state index contributed by atoms with van der Waals surface area (Å²) in [4.78, 5) is 16.4. The molecule has 2 rings (SSSR count). The summed E-state index contributed by atoms with van der Waals surface area (Å²) in [6.07, 6.45) is 2.36. The van der Waals surface area contributed by atoms with Gasteiger partial charge < -0.3 is 20.7 Å². The number of guanidine groups is 1. The molecule has 0 aromatic carbocycles. The summed E-state index contributed by atoms with van der Waals surface area (Å²) in [5.41, 5.74) is 0.793. The molecule has 0 aliphatic carbocycles. The Labute approximate surface area is 166 Å². The molecule has 2 heterocycles. The maximum absolute atomic E-state index is 11.8. The maximum atomic E-state index is 11.8. The average molecular weight is 390 g/mol. The minimum absolute atomic E-state index is 0.0585. The van der Waals surface area contributed by atoms with Crippen LogP contribution in [0.1, 0.15) is 39.9 Å². The van der Waals surface area contributed by atoms with Gasteiger partial charge in [0.05, 0.1) is 6.61 Å². The van der Waals surface area contributed by atoms with Crippen LogP contribution in [0, 0.1) is 5.92 Å². The van der Waals surface area contributed by atoms with Crippen molar-refractivity contribution in [2.24, 2.45) is 10.9 Å². The van der Waals surface area contributed by atoms with Crippen LogP contribution in [0.25, 0.3) is 5.65 Å². The van der Waals surface area contributed by atoms with Crippen molar-refractivity contribution in [3.63, 3.8) is 0 Å². The predicted molar refractivity (Wildman–Crippen MR) is 109 cm³/mol. The number of rotatable bonds is 9. The Morgan fingerprint density at radius 1 is 1.25 bits per heavy atom. The quantitative estimate of drug-likeness (QED) is 0.447. The number of pyridine rings is 1. The summed E-state index contributed by atoms with van der Waals surface area (Å²) < 4.78 is 6.92. The highest BCUT2D eigenvalue weighted by molar-refractivity contribution is 5.79. The van der Waals surface area contributed by atoms with E-state index in [1.807, 2.05) is 35.7 Å². The zero-order chi connectivity index (χ0) is 20.4. The van der Waals surface area contributed by atoms with Crippen molar-refractivity contribution in [2.75, 3.05) is 19.7 Å². The molecule has 0 saturated heterocycles. The molecule has 0 aliphatic rings. The molecule has 0 bridgehead atoms. The van der Waals surface area contributed by atoms with Gasteiger partial charge in [0.2, 0.25) is 0 Å². The SMILES string of the molecule is CCNC(=NCc1nnc2ccccn12)NCC(CC(C)C)NC(=O)OCC. The first-order chi connectivity index (χ1) is 13.5. The second-order valence-electron chi connectivity index (χ2n) is 6.81. The van der Waals surface area contributed by atoms with Crippen LogP contribution in [0.2, 0.25) is 0 Å². The number of alkyl carbamates (subject to hydrolysis) is 1. The lowest BCUT2D eigenvalue weighted by molar-refractivity contribution is 0.146. The molecule has 154 valence electrons. The van der Waals surface area contributed by atoms with Crippen molar-refractivity contribution < 1.29 is 9.53 Å². The number of aromatic nitrogens is 3. The number of nitrogens with one attached hydrogen (secondary N) is 3. The van der Waals surface area contributed by atoms with E-state index in [2.05, 4.69) is 45.0 Å². The Bertz CT molecular complexity index is 772. The number of carbonyl (C=O) groups is 1. The third-order valence-electron chi connectivity index (χ3n) is 3.98. The summed E-state index contributed by atoms with van der Waals surface area (Å²) in [6.45, 7) is 10.1. The van der Waals surface area contributed by atoms with E-state index in [4.69, 9.17) is 4.74 Å². The van der Waals surface area contributed by atoms with Gasteiger partial charge in [0, 0.05) is 25.3 Å². The topological polar surface area (TPSA) is 105 Å². The van der Waals surface area contributed by atoms with Crippen LogP contribution in [-0.4, -0.2) is 52.4 Å². The highest BCUT2D eigenvalue weighted by Gasteiger charge is 2.15. The summed E-state index contributed by atoms with van der Waals surface area (Å²) in [5.74, 6) is 1.86. The number of amides is 1. The van der Waals surface area contributed by atoms with E-state index in [9.17, 15) is 4.79 Å². The van der Waals surface area contributed by atoms with Gasteiger partial charge in [-0.3, -0.25) is 4.40 Å². The van der Waals surface area contributed by atoms with Gasteiger partial charge in [0.1, 0.15) is 6.54 Å². The molecule has 1 amide bonds. The Balaban J connectivity index is 2.00. The second-order valence-corrected chi connectivity index (χ2v) is 6.81. The fourth-order valence-corrected chi connectivity index (χ4v) is 2.81. The molecule has 0 aliphatic heterocycles. The van der Waals surface area contributed by atoms with Crippen molar-refractivity contribution >= 4 is 17.7 Å². The van der Waals surface area contributed by atoms with Gasteiger partial charge >= 0.3 is 6.09 Å². The third kappa shape index (κ3) is 6.71. The smallest absolute Gasteiger partial charge is 0.407 e. The lowest BCUT2D eigenvalue weighted by atomic mass is 10.0. The average Bonchev–Trinajstić information content (AvgIpc) is 3.07. The predicted octanol–water partition coefficient (Wildman–Crippen LogP) is 1.95. The van der Waals surface area contributed by atoms with Crippen molar-refractivity contribution in [1.82, 2.24) is 30.5 Å². The molecule has 9 heteroatoms. The molecule has 1 atom stereocenters. The molecular weight excluding hydrogens is 358 g/mol. The summed E-state index contributed by atoms with van der Waals surface area (Å²) >= 11 is 0. The van der Waals surface area contributed by atoms with Gasteiger partial charge in [-0.1, -0.05) is 19.9 Å². The molecule has 0 saturated carbocycles. The van der Waals surface area contributed by atoms with Crippen LogP contribution in [0.15, 0.2) is 29.4 Å². The van der Waals surface area contributed by atoms with E-state index in [1.165, 1.54) is 0 Å². The summed E-state index contributed by atoms with van der Waals surface area (Å²) in [7, 11) is 0. The number of hydrogen-bond acceptors (Lipinski definition) is 5. The highest BCUT2D eigenvalue weighted by atomic mass is 16.5. The van der Waals surface area contributed by atoms with Gasteiger partial charge in [-0.25, -0.2) is 9.79 Å². The number of carbonyl (C=O) groups excluding carboxylic acids is 1. The highest BCUT2D eigenvalue weighted by Crippen LogP contribution is 2.05. The van der Waals surface area contributed by atoms with Crippen molar-refractivity contribution in [2.45, 2.75) is 46.7 Å². The molecule has 2 aromatic heterocycles. The van der Waals surface area contributed by atoms with Gasteiger partial charge in [0.25, 0.3) is 0 Å². The van der Waals surface area contributed by atoms with E-state index >= 15 is 0 Å². The van der Waals surface area contributed by atoms with E-state index in [1.54, 1.807) is 6.92 Å². The Hall–Kier alpha value is -2.84. The van der Waals surface area contributed by atoms with Gasteiger partial charge in [0.15, 0.2) is 17.4 Å². The molecule has 28 heavy (non-hydrogen) atoms. The van der Waals surface area contributed by atoms with Crippen LogP contribution >= 0.6 is 0 Å². The molecule has 0 radical (unpaired) electrons. The number of nitrogens with zero attached hydrogens (tertiary/aromatic N) is 4. The zero-order valence-electron chi connectivity index (χ0n) is 17.1. The number of hydrogen-bond donors (Lipinski definition) is 3. The molecule has 2 aromatic rings. The van der Waals surface area contributed by atoms with Crippen LogP contribution in [0.4, 0.5) is 4.79 Å². The first-order valence-corrected chi connectivity index (χ1v) is 9.77. The molecular formula is C19H31N7O2. The first-order valence-electron chi connectivity index (χ1n) is 9.77. The molecule has 0 spiro atoms. The maximum Gasteiger partial charge on any atom is 0.407 e.